The van der Waals surface area contributed by atoms with Gasteiger partial charge < -0.3 is 9.84 Å². The largest absolute Gasteiger partial charge is 0.339 e. The van der Waals surface area contributed by atoms with E-state index in [4.69, 9.17) is 4.52 Å². The van der Waals surface area contributed by atoms with Crippen LogP contribution in [0.2, 0.25) is 0 Å². The van der Waals surface area contributed by atoms with Crippen molar-refractivity contribution in [2.45, 2.75) is 26.2 Å². The molecule has 1 N–H and O–H groups in total. The lowest BCUT2D eigenvalue weighted by molar-refractivity contribution is 0.352. The van der Waals surface area contributed by atoms with Crippen LogP contribution < -0.4 is 5.32 Å². The Bertz CT molecular complexity index is 527. The van der Waals surface area contributed by atoms with Crippen LogP contribution in [-0.2, 0) is 6.42 Å². The molecule has 0 aliphatic carbocycles. The van der Waals surface area contributed by atoms with Crippen LogP contribution in [0.5, 0.6) is 0 Å². The van der Waals surface area contributed by atoms with Gasteiger partial charge in [0, 0.05) is 23.4 Å². The molecule has 4 nitrogen and oxygen atoms in total. The maximum Gasteiger partial charge on any atom is 0.230 e. The van der Waals surface area contributed by atoms with Gasteiger partial charge in [0.15, 0.2) is 5.82 Å². The average molecular weight is 324 g/mol. The zero-order valence-electron chi connectivity index (χ0n) is 11.2. The SMILES string of the molecule is CCNCC(C)c1nc(Cc2ccccc2Br)no1. The molecule has 102 valence electrons. The lowest BCUT2D eigenvalue weighted by Crippen LogP contribution is -2.19. The Morgan fingerprint density at radius 3 is 2.89 bits per heavy atom. The molecule has 5 heteroatoms. The maximum absolute atomic E-state index is 5.32. The molecule has 2 rings (SSSR count). The third-order valence-electron chi connectivity index (χ3n) is 2.91. The van der Waals surface area contributed by atoms with E-state index >= 15 is 0 Å². The van der Waals surface area contributed by atoms with E-state index in [0.717, 1.165) is 29.0 Å². The highest BCUT2D eigenvalue weighted by Crippen LogP contribution is 2.19. The summed E-state index contributed by atoms with van der Waals surface area (Å²) in [7, 11) is 0. The Balaban J connectivity index is 2.03. The van der Waals surface area contributed by atoms with Crippen molar-refractivity contribution in [3.63, 3.8) is 0 Å². The molecular weight excluding hydrogens is 306 g/mol. The molecule has 0 spiro atoms. The Morgan fingerprint density at radius 2 is 2.16 bits per heavy atom. The molecule has 0 fully saturated rings. The van der Waals surface area contributed by atoms with Crippen molar-refractivity contribution in [3.8, 4) is 0 Å². The summed E-state index contributed by atoms with van der Waals surface area (Å²) in [6.45, 7) is 5.97. The molecule has 2 aromatic rings. The summed E-state index contributed by atoms with van der Waals surface area (Å²) >= 11 is 3.53. The van der Waals surface area contributed by atoms with E-state index in [1.807, 2.05) is 18.2 Å². The van der Waals surface area contributed by atoms with Crippen LogP contribution >= 0.6 is 15.9 Å². The summed E-state index contributed by atoms with van der Waals surface area (Å²) in [5.74, 6) is 1.66. The first-order valence-corrected chi connectivity index (χ1v) is 7.26. The Labute approximate surface area is 121 Å². The number of benzene rings is 1. The van der Waals surface area contributed by atoms with E-state index in [-0.39, 0.29) is 5.92 Å². The second-order valence-corrected chi connectivity index (χ2v) is 5.38. The Morgan fingerprint density at radius 1 is 1.37 bits per heavy atom. The highest BCUT2D eigenvalue weighted by atomic mass is 79.9. The second-order valence-electron chi connectivity index (χ2n) is 4.53. The van der Waals surface area contributed by atoms with Crippen LogP contribution in [0.1, 0.15) is 37.0 Å². The number of aromatic nitrogens is 2. The van der Waals surface area contributed by atoms with Crippen molar-refractivity contribution in [2.24, 2.45) is 0 Å². The van der Waals surface area contributed by atoms with Gasteiger partial charge in [0.05, 0.1) is 0 Å². The smallest absolute Gasteiger partial charge is 0.230 e. The normalized spacial score (nSPS) is 12.6. The summed E-state index contributed by atoms with van der Waals surface area (Å²) in [5, 5.41) is 7.33. The molecule has 1 aromatic heterocycles. The molecule has 1 unspecified atom stereocenters. The minimum Gasteiger partial charge on any atom is -0.339 e. The lowest BCUT2D eigenvalue weighted by atomic mass is 10.1. The van der Waals surface area contributed by atoms with Crippen LogP contribution in [-0.4, -0.2) is 23.2 Å². The van der Waals surface area contributed by atoms with Gasteiger partial charge in [0.2, 0.25) is 5.89 Å². The fourth-order valence-electron chi connectivity index (χ4n) is 1.80. The molecule has 1 aromatic carbocycles. The van der Waals surface area contributed by atoms with Gasteiger partial charge in [-0.25, -0.2) is 0 Å². The van der Waals surface area contributed by atoms with Gasteiger partial charge in [-0.2, -0.15) is 4.98 Å². The number of likely N-dealkylation sites (N-methyl/N-ethyl adjacent to an activating group) is 1. The van der Waals surface area contributed by atoms with Gasteiger partial charge in [0.25, 0.3) is 0 Å². The summed E-state index contributed by atoms with van der Waals surface area (Å²) in [4.78, 5) is 4.46. The van der Waals surface area contributed by atoms with Crippen LogP contribution in [0.3, 0.4) is 0 Å². The Kier molecular flexibility index (Phi) is 5.10. The quantitative estimate of drug-likeness (QED) is 0.887. The minimum atomic E-state index is 0.236. The van der Waals surface area contributed by atoms with Gasteiger partial charge in [-0.1, -0.05) is 53.1 Å². The lowest BCUT2D eigenvalue weighted by Gasteiger charge is -2.05. The van der Waals surface area contributed by atoms with Crippen molar-refractivity contribution < 1.29 is 4.52 Å². The molecule has 0 saturated heterocycles. The molecule has 0 bridgehead atoms. The number of hydrogen-bond donors (Lipinski definition) is 1. The molecule has 0 amide bonds. The molecule has 0 saturated carbocycles. The number of nitrogens with one attached hydrogen (secondary N) is 1. The van der Waals surface area contributed by atoms with E-state index < -0.39 is 0 Å². The fraction of sp³-hybridized carbons (Fsp3) is 0.429. The zero-order valence-corrected chi connectivity index (χ0v) is 12.8. The van der Waals surface area contributed by atoms with Crippen molar-refractivity contribution in [3.05, 3.63) is 46.0 Å². The van der Waals surface area contributed by atoms with Gasteiger partial charge in [0.1, 0.15) is 0 Å². The molecule has 0 radical (unpaired) electrons. The zero-order chi connectivity index (χ0) is 13.7. The Hall–Kier alpha value is -1.20. The number of halogens is 1. The van der Waals surface area contributed by atoms with E-state index in [1.54, 1.807) is 0 Å². The minimum absolute atomic E-state index is 0.236. The van der Waals surface area contributed by atoms with Gasteiger partial charge in [-0.3, -0.25) is 0 Å². The molecule has 1 atom stereocenters. The molecule has 1 heterocycles. The molecular formula is C14H18BrN3O. The highest BCUT2D eigenvalue weighted by molar-refractivity contribution is 9.10. The van der Waals surface area contributed by atoms with Crippen LogP contribution in [0.25, 0.3) is 0 Å². The predicted molar refractivity (Wildman–Crippen MR) is 78.2 cm³/mol. The fourth-order valence-corrected chi connectivity index (χ4v) is 2.22. The number of hydrogen-bond acceptors (Lipinski definition) is 4. The van der Waals surface area contributed by atoms with E-state index in [2.05, 4.69) is 51.3 Å². The standard InChI is InChI=1S/C14H18BrN3O/c1-3-16-9-10(2)14-17-13(18-19-14)8-11-6-4-5-7-12(11)15/h4-7,10,16H,3,8-9H2,1-2H3. The third kappa shape index (κ3) is 3.88. The van der Waals surface area contributed by atoms with Crippen molar-refractivity contribution in [2.75, 3.05) is 13.1 Å². The first-order chi connectivity index (χ1) is 9.20. The van der Waals surface area contributed by atoms with Crippen molar-refractivity contribution >= 4 is 15.9 Å². The maximum atomic E-state index is 5.32. The monoisotopic (exact) mass is 323 g/mol. The van der Waals surface area contributed by atoms with Gasteiger partial charge >= 0.3 is 0 Å². The van der Waals surface area contributed by atoms with Gasteiger partial charge in [-0.05, 0) is 18.2 Å². The second kappa shape index (κ2) is 6.82. The van der Waals surface area contributed by atoms with Crippen LogP contribution in [0, 0.1) is 0 Å². The highest BCUT2D eigenvalue weighted by Gasteiger charge is 2.14. The number of nitrogens with zero attached hydrogens (tertiary/aromatic N) is 2. The predicted octanol–water partition coefficient (Wildman–Crippen LogP) is 3.14. The summed E-state index contributed by atoms with van der Waals surface area (Å²) < 4.78 is 6.39. The van der Waals surface area contributed by atoms with Crippen LogP contribution in [0.15, 0.2) is 33.3 Å². The van der Waals surface area contributed by atoms with Gasteiger partial charge in [-0.15, -0.1) is 0 Å². The van der Waals surface area contributed by atoms with Crippen molar-refractivity contribution in [1.29, 1.82) is 0 Å². The molecule has 0 aliphatic heterocycles. The summed E-state index contributed by atoms with van der Waals surface area (Å²) in [6, 6.07) is 8.08. The average Bonchev–Trinajstić information content (AvgIpc) is 2.87. The molecule has 0 aliphatic rings. The third-order valence-corrected chi connectivity index (χ3v) is 3.69. The first-order valence-electron chi connectivity index (χ1n) is 6.47. The number of rotatable bonds is 6. The topological polar surface area (TPSA) is 51.0 Å². The summed E-state index contributed by atoms with van der Waals surface area (Å²) in [6.07, 6.45) is 0.679. The summed E-state index contributed by atoms with van der Waals surface area (Å²) in [5.41, 5.74) is 1.16. The van der Waals surface area contributed by atoms with Crippen LogP contribution in [0.4, 0.5) is 0 Å². The first kappa shape index (κ1) is 14.2. The molecule has 19 heavy (non-hydrogen) atoms. The van der Waals surface area contributed by atoms with Crippen molar-refractivity contribution in [1.82, 2.24) is 15.5 Å². The van der Waals surface area contributed by atoms with E-state index in [0.29, 0.717) is 12.3 Å². The van der Waals surface area contributed by atoms with E-state index in [9.17, 15) is 0 Å². The van der Waals surface area contributed by atoms with E-state index in [1.165, 1.54) is 0 Å².